The number of rotatable bonds is 3. The molecule has 108 valence electrons. The van der Waals surface area contributed by atoms with Gasteiger partial charge in [0.2, 0.25) is 5.78 Å². The molecule has 1 amide bonds. The molecular formula is C13H21NO5. The summed E-state index contributed by atoms with van der Waals surface area (Å²) in [6.07, 6.45) is 1.71. The van der Waals surface area contributed by atoms with Gasteiger partial charge in [-0.2, -0.15) is 0 Å². The first-order valence-corrected chi connectivity index (χ1v) is 6.45. The van der Waals surface area contributed by atoms with E-state index in [2.05, 4.69) is 5.32 Å². The summed E-state index contributed by atoms with van der Waals surface area (Å²) in [6.45, 7) is 5.36. The fourth-order valence-electron chi connectivity index (χ4n) is 2.15. The maximum absolute atomic E-state index is 11.6. The number of amides is 1. The summed E-state index contributed by atoms with van der Waals surface area (Å²) in [5, 5.41) is 11.4. The summed E-state index contributed by atoms with van der Waals surface area (Å²) in [7, 11) is 0. The number of carboxylic acid groups (broad SMARTS) is 1. The Morgan fingerprint density at radius 2 is 1.63 bits per heavy atom. The fraction of sp³-hybridized carbons (Fsp3) is 0.769. The molecule has 0 spiro atoms. The Hall–Kier alpha value is -1.59. The van der Waals surface area contributed by atoms with Gasteiger partial charge in [-0.15, -0.1) is 0 Å². The van der Waals surface area contributed by atoms with E-state index in [9.17, 15) is 14.4 Å². The van der Waals surface area contributed by atoms with E-state index in [1.807, 2.05) is 0 Å². The molecule has 1 aliphatic carbocycles. The van der Waals surface area contributed by atoms with Crippen LogP contribution in [-0.2, 0) is 14.3 Å². The van der Waals surface area contributed by atoms with Crippen LogP contribution in [0.4, 0.5) is 4.79 Å². The molecule has 0 aromatic rings. The second kappa shape index (κ2) is 6.04. The van der Waals surface area contributed by atoms with E-state index in [1.165, 1.54) is 0 Å². The number of ketones is 1. The predicted molar refractivity (Wildman–Crippen MR) is 67.8 cm³/mol. The molecule has 1 fully saturated rings. The molecule has 0 aliphatic heterocycles. The zero-order chi connectivity index (χ0) is 14.6. The summed E-state index contributed by atoms with van der Waals surface area (Å²) >= 11 is 0. The third-order valence-corrected chi connectivity index (χ3v) is 3.03. The molecule has 0 aromatic heterocycles. The van der Waals surface area contributed by atoms with Crippen molar-refractivity contribution in [2.75, 3.05) is 0 Å². The second-order valence-corrected chi connectivity index (χ2v) is 5.86. The Bertz CT molecular complexity index is 364. The topological polar surface area (TPSA) is 92.7 Å². The molecule has 0 radical (unpaired) electrons. The van der Waals surface area contributed by atoms with Gasteiger partial charge in [0.05, 0.1) is 0 Å². The minimum absolute atomic E-state index is 0.0484. The minimum atomic E-state index is -1.37. The van der Waals surface area contributed by atoms with E-state index < -0.39 is 29.4 Å². The van der Waals surface area contributed by atoms with Crippen LogP contribution in [0.15, 0.2) is 0 Å². The highest BCUT2D eigenvalue weighted by molar-refractivity contribution is 6.33. The van der Waals surface area contributed by atoms with Crippen LogP contribution >= 0.6 is 0 Å². The van der Waals surface area contributed by atoms with Gasteiger partial charge in [0, 0.05) is 12.0 Å². The average molecular weight is 271 g/mol. The molecule has 6 nitrogen and oxygen atoms in total. The lowest BCUT2D eigenvalue weighted by molar-refractivity contribution is -0.151. The van der Waals surface area contributed by atoms with Crippen molar-refractivity contribution in [3.63, 3.8) is 0 Å². The highest BCUT2D eigenvalue weighted by atomic mass is 16.6. The third kappa shape index (κ3) is 5.28. The van der Waals surface area contributed by atoms with Gasteiger partial charge < -0.3 is 15.2 Å². The maximum atomic E-state index is 11.6. The zero-order valence-corrected chi connectivity index (χ0v) is 11.6. The van der Waals surface area contributed by atoms with Gasteiger partial charge in [-0.1, -0.05) is 0 Å². The quantitative estimate of drug-likeness (QED) is 0.762. The van der Waals surface area contributed by atoms with Crippen LogP contribution in [-0.4, -0.2) is 34.6 Å². The molecule has 0 aromatic carbocycles. The van der Waals surface area contributed by atoms with Gasteiger partial charge in [0.25, 0.3) is 0 Å². The molecule has 1 saturated carbocycles. The standard InChI is InChI=1S/C13H21NO5/c1-13(2,3)19-12(18)14-9-6-4-8(5-7-9)10(15)11(16)17/h8-9H,4-7H2,1-3H3,(H,14,18)(H,16,17). The van der Waals surface area contributed by atoms with Gasteiger partial charge in [-0.05, 0) is 46.5 Å². The molecular weight excluding hydrogens is 250 g/mol. The Kier molecular flexibility index (Phi) is 4.91. The summed E-state index contributed by atoms with van der Waals surface area (Å²) in [6, 6.07) is -0.0484. The number of alkyl carbamates (subject to hydrolysis) is 1. The number of hydrogen-bond acceptors (Lipinski definition) is 4. The first-order chi connectivity index (χ1) is 8.69. The number of carboxylic acids is 1. The van der Waals surface area contributed by atoms with Crippen LogP contribution in [0.2, 0.25) is 0 Å². The number of hydrogen-bond donors (Lipinski definition) is 2. The SMILES string of the molecule is CC(C)(C)OC(=O)NC1CCC(C(=O)C(=O)O)CC1. The number of Topliss-reactive ketones (excluding diaryl/α,β-unsaturated/α-hetero) is 1. The molecule has 0 unspecified atom stereocenters. The van der Waals surface area contributed by atoms with Crippen LogP contribution in [0.25, 0.3) is 0 Å². The van der Waals surface area contributed by atoms with Gasteiger partial charge in [0.15, 0.2) is 0 Å². The van der Waals surface area contributed by atoms with E-state index in [0.29, 0.717) is 25.7 Å². The average Bonchev–Trinajstić information content (AvgIpc) is 2.26. The molecule has 0 atom stereocenters. The first kappa shape index (κ1) is 15.5. The number of aliphatic carboxylic acids is 1. The maximum Gasteiger partial charge on any atom is 0.407 e. The first-order valence-electron chi connectivity index (χ1n) is 6.45. The Balaban J connectivity index is 2.36. The van der Waals surface area contributed by atoms with Crippen molar-refractivity contribution in [3.8, 4) is 0 Å². The number of ether oxygens (including phenoxy) is 1. The van der Waals surface area contributed by atoms with E-state index in [-0.39, 0.29) is 6.04 Å². The summed E-state index contributed by atoms with van der Waals surface area (Å²) < 4.78 is 5.14. The second-order valence-electron chi connectivity index (χ2n) is 5.86. The van der Waals surface area contributed by atoms with E-state index in [0.717, 1.165) is 0 Å². The molecule has 0 bridgehead atoms. The molecule has 0 saturated heterocycles. The number of carbonyl (C=O) groups is 3. The molecule has 6 heteroatoms. The van der Waals surface area contributed by atoms with Crippen LogP contribution in [0.5, 0.6) is 0 Å². The monoisotopic (exact) mass is 271 g/mol. The van der Waals surface area contributed by atoms with Crippen molar-refractivity contribution in [2.45, 2.75) is 58.1 Å². The van der Waals surface area contributed by atoms with Crippen molar-refractivity contribution < 1.29 is 24.2 Å². The van der Waals surface area contributed by atoms with Crippen LogP contribution in [0, 0.1) is 5.92 Å². The molecule has 19 heavy (non-hydrogen) atoms. The normalized spacial score (nSPS) is 23.5. The zero-order valence-electron chi connectivity index (χ0n) is 11.6. The van der Waals surface area contributed by atoms with Gasteiger partial charge >= 0.3 is 12.1 Å². The Morgan fingerprint density at radius 1 is 1.11 bits per heavy atom. The van der Waals surface area contributed by atoms with Crippen LogP contribution < -0.4 is 5.32 Å². The number of carbonyl (C=O) groups excluding carboxylic acids is 2. The van der Waals surface area contributed by atoms with Crippen molar-refractivity contribution in [3.05, 3.63) is 0 Å². The largest absolute Gasteiger partial charge is 0.475 e. The predicted octanol–water partition coefficient (Wildman–Crippen LogP) is 1.72. The minimum Gasteiger partial charge on any atom is -0.475 e. The molecule has 1 rings (SSSR count). The van der Waals surface area contributed by atoms with Gasteiger partial charge in [-0.3, -0.25) is 4.79 Å². The molecule has 0 heterocycles. The lowest BCUT2D eigenvalue weighted by Crippen LogP contribution is -2.42. The Labute approximate surface area is 112 Å². The fourth-order valence-corrected chi connectivity index (χ4v) is 2.15. The summed E-state index contributed by atoms with van der Waals surface area (Å²) in [5.41, 5.74) is -0.541. The molecule has 2 N–H and O–H groups in total. The third-order valence-electron chi connectivity index (χ3n) is 3.03. The smallest absolute Gasteiger partial charge is 0.407 e. The molecule has 1 aliphatic rings. The van der Waals surface area contributed by atoms with Crippen molar-refractivity contribution >= 4 is 17.8 Å². The van der Waals surface area contributed by atoms with E-state index in [1.54, 1.807) is 20.8 Å². The summed E-state index contributed by atoms with van der Waals surface area (Å²) in [5.74, 6) is -2.52. The number of nitrogens with one attached hydrogen (secondary N) is 1. The van der Waals surface area contributed by atoms with Crippen LogP contribution in [0.3, 0.4) is 0 Å². The van der Waals surface area contributed by atoms with Crippen molar-refractivity contribution in [2.24, 2.45) is 5.92 Å². The Morgan fingerprint density at radius 3 is 2.05 bits per heavy atom. The highest BCUT2D eigenvalue weighted by Gasteiger charge is 2.31. The van der Waals surface area contributed by atoms with E-state index >= 15 is 0 Å². The highest BCUT2D eigenvalue weighted by Crippen LogP contribution is 2.25. The van der Waals surface area contributed by atoms with E-state index in [4.69, 9.17) is 9.84 Å². The van der Waals surface area contributed by atoms with Gasteiger partial charge in [-0.25, -0.2) is 9.59 Å². The van der Waals surface area contributed by atoms with Gasteiger partial charge in [0.1, 0.15) is 5.60 Å². The lowest BCUT2D eigenvalue weighted by Gasteiger charge is -2.28. The lowest BCUT2D eigenvalue weighted by atomic mass is 9.83. The van der Waals surface area contributed by atoms with Crippen molar-refractivity contribution in [1.29, 1.82) is 0 Å². The van der Waals surface area contributed by atoms with Crippen LogP contribution in [0.1, 0.15) is 46.5 Å². The summed E-state index contributed by atoms with van der Waals surface area (Å²) in [4.78, 5) is 33.4. The van der Waals surface area contributed by atoms with Crippen molar-refractivity contribution in [1.82, 2.24) is 5.32 Å².